The molecule has 0 aliphatic heterocycles. The molecule has 0 N–H and O–H groups in total. The third kappa shape index (κ3) is 16.6. The molecule has 0 bridgehead atoms. The number of unbranched alkanes of at least 4 members (excludes halogenated alkanes) is 13. The summed E-state index contributed by atoms with van der Waals surface area (Å²) < 4.78 is 6.60. The fraction of sp³-hybridized carbons (Fsp3) is 1.00. The molecule has 0 radical (unpaired) electrons. The number of hydrogen-bond acceptors (Lipinski definition) is 1. The Kier molecular flexibility index (Phi) is 20.7. The van der Waals surface area contributed by atoms with Crippen LogP contribution in [0.1, 0.15) is 156 Å². The smallest absolute Gasteiger partial charge is 0.0682 e. The quantitative estimate of drug-likeness (QED) is 0.169. The summed E-state index contributed by atoms with van der Waals surface area (Å²) in [6, 6.07) is 0. The number of hydrogen-bond donors (Lipinski definition) is 0. The van der Waals surface area contributed by atoms with E-state index in [1.54, 1.807) is 0 Å². The van der Waals surface area contributed by atoms with Gasteiger partial charge in [-0.15, -0.1) is 0 Å². The number of rotatable bonds is 22. The van der Waals surface area contributed by atoms with Crippen molar-refractivity contribution in [3.63, 3.8) is 0 Å². The van der Waals surface area contributed by atoms with Crippen molar-refractivity contribution < 1.29 is 4.74 Å². The highest BCUT2D eigenvalue weighted by Gasteiger charge is 2.28. The van der Waals surface area contributed by atoms with Crippen LogP contribution in [0.3, 0.4) is 0 Å². The van der Waals surface area contributed by atoms with Crippen molar-refractivity contribution in [1.82, 2.24) is 0 Å². The van der Waals surface area contributed by atoms with Crippen molar-refractivity contribution in [2.75, 3.05) is 6.61 Å². The minimum absolute atomic E-state index is 0.189. The lowest BCUT2D eigenvalue weighted by atomic mass is 9.86. The lowest BCUT2D eigenvalue weighted by Crippen LogP contribution is -2.33. The molecular formula is C26H54O. The van der Waals surface area contributed by atoms with Gasteiger partial charge < -0.3 is 4.74 Å². The first-order chi connectivity index (χ1) is 13.2. The molecule has 0 aromatic rings. The second kappa shape index (κ2) is 20.7. The predicted octanol–water partition coefficient (Wildman–Crippen LogP) is 9.62. The van der Waals surface area contributed by atoms with Gasteiger partial charge >= 0.3 is 0 Å². The molecular weight excluding hydrogens is 328 g/mol. The highest BCUT2D eigenvalue weighted by Crippen LogP contribution is 2.31. The van der Waals surface area contributed by atoms with Crippen LogP contribution in [0.5, 0.6) is 0 Å². The summed E-state index contributed by atoms with van der Waals surface area (Å²) in [6.45, 7) is 10.2. The van der Waals surface area contributed by atoms with Crippen LogP contribution in [0.15, 0.2) is 0 Å². The molecule has 0 fully saturated rings. The van der Waals surface area contributed by atoms with E-state index in [9.17, 15) is 0 Å². The van der Waals surface area contributed by atoms with E-state index in [1.165, 1.54) is 128 Å². The average Bonchev–Trinajstić information content (AvgIpc) is 2.66. The Balaban J connectivity index is 3.99. The average molecular weight is 383 g/mol. The minimum atomic E-state index is 0.189. The lowest BCUT2D eigenvalue weighted by molar-refractivity contribution is -0.0673. The normalized spacial score (nSPS) is 12.0. The Bertz CT molecular complexity index is 267. The molecule has 0 spiro atoms. The molecule has 0 aliphatic rings. The van der Waals surface area contributed by atoms with Gasteiger partial charge in [0.25, 0.3) is 0 Å². The van der Waals surface area contributed by atoms with Crippen LogP contribution in [0.25, 0.3) is 0 Å². The van der Waals surface area contributed by atoms with Gasteiger partial charge in [0.1, 0.15) is 0 Å². The van der Waals surface area contributed by atoms with E-state index in [2.05, 4.69) is 27.7 Å². The molecule has 0 saturated heterocycles. The van der Waals surface area contributed by atoms with E-state index in [0.29, 0.717) is 0 Å². The maximum absolute atomic E-state index is 6.60. The molecule has 1 nitrogen and oxygen atoms in total. The topological polar surface area (TPSA) is 9.23 Å². The van der Waals surface area contributed by atoms with Gasteiger partial charge in [0.05, 0.1) is 5.60 Å². The van der Waals surface area contributed by atoms with Gasteiger partial charge in [-0.05, 0) is 25.7 Å². The molecule has 0 amide bonds. The molecule has 0 saturated carbocycles. The van der Waals surface area contributed by atoms with Crippen LogP contribution in [0.2, 0.25) is 0 Å². The van der Waals surface area contributed by atoms with Gasteiger partial charge in [-0.1, -0.05) is 130 Å². The van der Waals surface area contributed by atoms with Gasteiger partial charge in [0, 0.05) is 6.61 Å². The van der Waals surface area contributed by atoms with E-state index in [1.807, 2.05) is 0 Å². The van der Waals surface area contributed by atoms with Crippen LogP contribution in [0.4, 0.5) is 0 Å². The molecule has 164 valence electrons. The summed E-state index contributed by atoms with van der Waals surface area (Å²) in [5, 5.41) is 0. The zero-order valence-corrected chi connectivity index (χ0v) is 19.8. The number of ether oxygens (including phenoxy) is 1. The SMILES string of the molecule is CCCCCCCCCCOC(CCC)(CCC)CCCCCCCCC. The highest BCUT2D eigenvalue weighted by molar-refractivity contribution is 4.80. The summed E-state index contributed by atoms with van der Waals surface area (Å²) in [5.74, 6) is 0. The molecule has 0 unspecified atom stereocenters. The summed E-state index contributed by atoms with van der Waals surface area (Å²) in [5.41, 5.74) is 0.189. The maximum atomic E-state index is 6.60. The third-order valence-corrected chi connectivity index (χ3v) is 6.05. The minimum Gasteiger partial charge on any atom is -0.375 e. The van der Waals surface area contributed by atoms with Crippen LogP contribution < -0.4 is 0 Å². The first-order valence-electron chi connectivity index (χ1n) is 12.9. The standard InChI is InChI=1S/C26H54O/c1-5-9-11-13-15-17-19-21-25-27-26(22-7-3,23-8-4)24-20-18-16-14-12-10-6-2/h5-25H2,1-4H3. The molecule has 0 aliphatic carbocycles. The summed E-state index contributed by atoms with van der Waals surface area (Å²) in [7, 11) is 0. The molecule has 0 atom stereocenters. The van der Waals surface area contributed by atoms with Crippen molar-refractivity contribution >= 4 is 0 Å². The summed E-state index contributed by atoms with van der Waals surface area (Å²) in [4.78, 5) is 0. The summed E-state index contributed by atoms with van der Waals surface area (Å²) in [6.07, 6.45) is 27.2. The van der Waals surface area contributed by atoms with E-state index < -0.39 is 0 Å². The second-order valence-corrected chi connectivity index (χ2v) is 8.88. The fourth-order valence-electron chi connectivity index (χ4n) is 4.43. The maximum Gasteiger partial charge on any atom is 0.0682 e. The van der Waals surface area contributed by atoms with Gasteiger partial charge in [-0.25, -0.2) is 0 Å². The van der Waals surface area contributed by atoms with Crippen LogP contribution >= 0.6 is 0 Å². The van der Waals surface area contributed by atoms with E-state index in [4.69, 9.17) is 4.74 Å². The Morgan fingerprint density at radius 1 is 0.407 bits per heavy atom. The third-order valence-electron chi connectivity index (χ3n) is 6.05. The van der Waals surface area contributed by atoms with Crippen molar-refractivity contribution in [3.05, 3.63) is 0 Å². The molecule has 0 aromatic carbocycles. The van der Waals surface area contributed by atoms with Crippen molar-refractivity contribution in [2.45, 2.75) is 162 Å². The van der Waals surface area contributed by atoms with Gasteiger partial charge in [0.15, 0.2) is 0 Å². The van der Waals surface area contributed by atoms with Crippen LogP contribution in [-0.4, -0.2) is 12.2 Å². The Hall–Kier alpha value is -0.0400. The summed E-state index contributed by atoms with van der Waals surface area (Å²) >= 11 is 0. The first kappa shape index (κ1) is 27.0. The van der Waals surface area contributed by atoms with E-state index >= 15 is 0 Å². The van der Waals surface area contributed by atoms with Crippen molar-refractivity contribution in [1.29, 1.82) is 0 Å². The lowest BCUT2D eigenvalue weighted by Gasteiger charge is -2.34. The largest absolute Gasteiger partial charge is 0.375 e. The Morgan fingerprint density at radius 2 is 0.815 bits per heavy atom. The Morgan fingerprint density at radius 3 is 1.26 bits per heavy atom. The van der Waals surface area contributed by atoms with E-state index in [-0.39, 0.29) is 5.60 Å². The predicted molar refractivity (Wildman–Crippen MR) is 124 cm³/mol. The van der Waals surface area contributed by atoms with Crippen molar-refractivity contribution in [2.24, 2.45) is 0 Å². The Labute approximate surface area is 173 Å². The zero-order chi connectivity index (χ0) is 20.1. The fourth-order valence-corrected chi connectivity index (χ4v) is 4.43. The molecule has 0 aromatic heterocycles. The first-order valence-corrected chi connectivity index (χ1v) is 12.9. The molecule has 0 rings (SSSR count). The van der Waals surface area contributed by atoms with Gasteiger partial charge in [-0.2, -0.15) is 0 Å². The second-order valence-electron chi connectivity index (χ2n) is 8.88. The molecule has 27 heavy (non-hydrogen) atoms. The van der Waals surface area contributed by atoms with Gasteiger partial charge in [0.2, 0.25) is 0 Å². The highest BCUT2D eigenvalue weighted by atomic mass is 16.5. The van der Waals surface area contributed by atoms with Crippen LogP contribution in [0, 0.1) is 0 Å². The molecule has 1 heteroatoms. The zero-order valence-electron chi connectivity index (χ0n) is 19.8. The monoisotopic (exact) mass is 382 g/mol. The molecule has 0 heterocycles. The van der Waals surface area contributed by atoms with Crippen LogP contribution in [-0.2, 0) is 4.74 Å². The van der Waals surface area contributed by atoms with Crippen molar-refractivity contribution in [3.8, 4) is 0 Å². The van der Waals surface area contributed by atoms with Gasteiger partial charge in [-0.3, -0.25) is 0 Å². The van der Waals surface area contributed by atoms with E-state index in [0.717, 1.165) is 6.61 Å².